The average Bonchev–Trinajstić information content (AvgIpc) is 2.60. The van der Waals surface area contributed by atoms with E-state index in [4.69, 9.17) is 4.74 Å². The second-order valence-corrected chi connectivity index (χ2v) is 6.05. The molecule has 1 heterocycles. The Balaban J connectivity index is 1.82. The van der Waals surface area contributed by atoms with Crippen molar-refractivity contribution in [2.45, 2.75) is 31.7 Å². The van der Waals surface area contributed by atoms with Crippen LogP contribution < -0.4 is 14.8 Å². The highest BCUT2D eigenvalue weighted by Gasteiger charge is 2.31. The first-order valence-electron chi connectivity index (χ1n) is 8.28. The zero-order chi connectivity index (χ0) is 17.7. The van der Waals surface area contributed by atoms with E-state index < -0.39 is 6.36 Å². The second-order valence-electron chi connectivity index (χ2n) is 6.05. The third-order valence-corrected chi connectivity index (χ3v) is 4.23. The number of piperidine rings is 1. The molecule has 1 fully saturated rings. The maximum atomic E-state index is 12.5. The zero-order valence-corrected chi connectivity index (χ0v) is 13.7. The van der Waals surface area contributed by atoms with Gasteiger partial charge in [0, 0.05) is 6.07 Å². The monoisotopic (exact) mass is 351 g/mol. The lowest BCUT2D eigenvalue weighted by Gasteiger charge is -2.25. The van der Waals surface area contributed by atoms with E-state index in [2.05, 4.69) is 10.1 Å². The number of alkyl halides is 3. The smallest absolute Gasteiger partial charge is 0.488 e. The number of benzene rings is 2. The van der Waals surface area contributed by atoms with E-state index in [1.54, 1.807) is 6.07 Å². The molecule has 2 aromatic carbocycles. The number of rotatable bonds is 5. The molecule has 1 aliphatic heterocycles. The van der Waals surface area contributed by atoms with Crippen molar-refractivity contribution < 1.29 is 22.6 Å². The number of halogens is 3. The summed E-state index contributed by atoms with van der Waals surface area (Å²) in [4.78, 5) is 0. The summed E-state index contributed by atoms with van der Waals surface area (Å²) in [7, 11) is 0. The molecule has 2 aromatic rings. The van der Waals surface area contributed by atoms with Gasteiger partial charge in [-0.05, 0) is 49.0 Å². The Morgan fingerprint density at radius 2 is 1.72 bits per heavy atom. The Bertz CT molecular complexity index is 683. The van der Waals surface area contributed by atoms with Gasteiger partial charge in [-0.1, -0.05) is 36.4 Å². The van der Waals surface area contributed by atoms with Crippen LogP contribution in [0.3, 0.4) is 0 Å². The fraction of sp³-hybridized carbons (Fsp3) is 0.368. The fourth-order valence-electron chi connectivity index (χ4n) is 3.04. The van der Waals surface area contributed by atoms with Crippen molar-refractivity contribution in [1.82, 2.24) is 5.32 Å². The van der Waals surface area contributed by atoms with Crippen molar-refractivity contribution in [3.05, 3.63) is 59.7 Å². The minimum absolute atomic E-state index is 0.256. The van der Waals surface area contributed by atoms with E-state index in [1.807, 2.05) is 30.3 Å². The summed E-state index contributed by atoms with van der Waals surface area (Å²) in [5.41, 5.74) is 1.90. The molecule has 1 aliphatic rings. The molecule has 3 nitrogen and oxygen atoms in total. The summed E-state index contributed by atoms with van der Waals surface area (Å²) in [6.45, 7) is 2.08. The Labute approximate surface area is 144 Å². The first-order valence-corrected chi connectivity index (χ1v) is 8.28. The van der Waals surface area contributed by atoms with Gasteiger partial charge in [0.2, 0.25) is 0 Å². The first kappa shape index (κ1) is 17.6. The highest BCUT2D eigenvalue weighted by atomic mass is 19.4. The molecule has 3 rings (SSSR count). The standard InChI is InChI=1S/C19H20F3NO2/c20-19(21,22)25-16-6-7-17(15-8-10-23-11-9-15)18(12-16)24-13-14-4-2-1-3-5-14/h1-7,12,15,23H,8-11,13H2. The predicted molar refractivity (Wildman–Crippen MR) is 88.7 cm³/mol. The van der Waals surface area contributed by atoms with Crippen molar-refractivity contribution in [2.24, 2.45) is 0 Å². The van der Waals surface area contributed by atoms with Crippen LogP contribution in [0.1, 0.15) is 29.9 Å². The summed E-state index contributed by atoms with van der Waals surface area (Å²) < 4.78 is 47.4. The third-order valence-electron chi connectivity index (χ3n) is 4.23. The minimum atomic E-state index is -4.72. The lowest BCUT2D eigenvalue weighted by Crippen LogP contribution is -2.27. The molecule has 0 bridgehead atoms. The Morgan fingerprint density at radius 3 is 2.40 bits per heavy atom. The summed E-state index contributed by atoms with van der Waals surface area (Å²) in [6.07, 6.45) is -2.85. The van der Waals surface area contributed by atoms with Gasteiger partial charge in [0.15, 0.2) is 0 Å². The van der Waals surface area contributed by atoms with Crippen LogP contribution in [-0.4, -0.2) is 19.5 Å². The summed E-state index contributed by atoms with van der Waals surface area (Å²) in [5.74, 6) is 0.470. The molecule has 0 radical (unpaired) electrons. The lowest BCUT2D eigenvalue weighted by atomic mass is 9.89. The third kappa shape index (κ3) is 5.13. The Hall–Kier alpha value is -2.21. The molecular formula is C19H20F3NO2. The highest BCUT2D eigenvalue weighted by molar-refractivity contribution is 5.43. The van der Waals surface area contributed by atoms with Gasteiger partial charge < -0.3 is 14.8 Å². The van der Waals surface area contributed by atoms with Crippen LogP contribution in [-0.2, 0) is 6.61 Å². The fourth-order valence-corrected chi connectivity index (χ4v) is 3.04. The molecular weight excluding hydrogens is 331 g/mol. The first-order chi connectivity index (χ1) is 12.0. The highest BCUT2D eigenvalue weighted by Crippen LogP contribution is 2.37. The lowest BCUT2D eigenvalue weighted by molar-refractivity contribution is -0.274. The van der Waals surface area contributed by atoms with Crippen molar-refractivity contribution in [2.75, 3.05) is 13.1 Å². The number of hydrogen-bond donors (Lipinski definition) is 1. The summed E-state index contributed by atoms with van der Waals surface area (Å²) in [6, 6.07) is 13.9. The molecule has 6 heteroatoms. The van der Waals surface area contributed by atoms with E-state index in [-0.39, 0.29) is 11.7 Å². The van der Waals surface area contributed by atoms with Crippen LogP contribution in [0.4, 0.5) is 13.2 Å². The molecule has 0 amide bonds. The van der Waals surface area contributed by atoms with E-state index in [0.29, 0.717) is 12.4 Å². The molecule has 0 spiro atoms. The molecule has 0 atom stereocenters. The average molecular weight is 351 g/mol. The molecule has 1 N–H and O–H groups in total. The van der Waals surface area contributed by atoms with Crippen molar-refractivity contribution in [3.63, 3.8) is 0 Å². The number of hydrogen-bond acceptors (Lipinski definition) is 3. The van der Waals surface area contributed by atoms with Gasteiger partial charge in [-0.15, -0.1) is 13.2 Å². The molecule has 0 saturated carbocycles. The quantitative estimate of drug-likeness (QED) is 0.852. The van der Waals surface area contributed by atoms with Gasteiger partial charge in [-0.3, -0.25) is 0 Å². The van der Waals surface area contributed by atoms with Gasteiger partial charge in [0.25, 0.3) is 0 Å². The Morgan fingerprint density at radius 1 is 1.00 bits per heavy atom. The van der Waals surface area contributed by atoms with Crippen LogP contribution in [0.15, 0.2) is 48.5 Å². The van der Waals surface area contributed by atoms with Crippen LogP contribution >= 0.6 is 0 Å². The maximum Gasteiger partial charge on any atom is 0.573 e. The van der Waals surface area contributed by atoms with Gasteiger partial charge >= 0.3 is 6.36 Å². The van der Waals surface area contributed by atoms with Gasteiger partial charge in [-0.25, -0.2) is 0 Å². The summed E-state index contributed by atoms with van der Waals surface area (Å²) >= 11 is 0. The second kappa shape index (κ2) is 7.78. The van der Waals surface area contributed by atoms with Crippen LogP contribution in [0.2, 0.25) is 0 Å². The normalized spacial score (nSPS) is 15.8. The molecule has 0 aromatic heterocycles. The van der Waals surface area contributed by atoms with Crippen molar-refractivity contribution >= 4 is 0 Å². The molecule has 0 aliphatic carbocycles. The van der Waals surface area contributed by atoms with Crippen LogP contribution in [0, 0.1) is 0 Å². The van der Waals surface area contributed by atoms with Crippen molar-refractivity contribution in [1.29, 1.82) is 0 Å². The molecule has 134 valence electrons. The van der Waals surface area contributed by atoms with Gasteiger partial charge in [-0.2, -0.15) is 0 Å². The zero-order valence-electron chi connectivity index (χ0n) is 13.7. The SMILES string of the molecule is FC(F)(F)Oc1ccc(C2CCNCC2)c(OCc2ccccc2)c1. The molecule has 25 heavy (non-hydrogen) atoms. The predicted octanol–water partition coefficient (Wildman–Crippen LogP) is 4.63. The van der Waals surface area contributed by atoms with E-state index in [9.17, 15) is 13.2 Å². The molecule has 0 unspecified atom stereocenters. The number of nitrogens with one attached hydrogen (secondary N) is 1. The van der Waals surface area contributed by atoms with E-state index in [1.165, 1.54) is 12.1 Å². The van der Waals surface area contributed by atoms with Crippen LogP contribution in [0.25, 0.3) is 0 Å². The summed E-state index contributed by atoms with van der Waals surface area (Å²) in [5, 5.41) is 3.29. The number of ether oxygens (including phenoxy) is 2. The van der Waals surface area contributed by atoms with E-state index in [0.717, 1.165) is 37.1 Å². The van der Waals surface area contributed by atoms with Gasteiger partial charge in [0.05, 0.1) is 0 Å². The minimum Gasteiger partial charge on any atom is -0.488 e. The maximum absolute atomic E-state index is 12.5. The topological polar surface area (TPSA) is 30.5 Å². The van der Waals surface area contributed by atoms with E-state index >= 15 is 0 Å². The van der Waals surface area contributed by atoms with Gasteiger partial charge in [0.1, 0.15) is 18.1 Å². The molecule has 1 saturated heterocycles. The largest absolute Gasteiger partial charge is 0.573 e. The Kier molecular flexibility index (Phi) is 5.48. The van der Waals surface area contributed by atoms with Crippen LogP contribution in [0.5, 0.6) is 11.5 Å². The van der Waals surface area contributed by atoms with Crippen molar-refractivity contribution in [3.8, 4) is 11.5 Å².